The van der Waals surface area contributed by atoms with Crippen LogP contribution in [0.5, 0.6) is 0 Å². The molecule has 0 aromatic heterocycles. The predicted octanol–water partition coefficient (Wildman–Crippen LogP) is 1.89. The van der Waals surface area contributed by atoms with Crippen molar-refractivity contribution in [3.8, 4) is 0 Å². The summed E-state index contributed by atoms with van der Waals surface area (Å²) in [4.78, 5) is 0. The Hall–Kier alpha value is -0.120. The molecule has 0 bridgehead atoms. The number of rotatable bonds is 0. The highest BCUT2D eigenvalue weighted by molar-refractivity contribution is 4.58. The average molecular weight is 183 g/mol. The van der Waals surface area contributed by atoms with Gasteiger partial charge in [-0.15, -0.1) is 0 Å². The van der Waals surface area contributed by atoms with E-state index in [1.54, 1.807) is 0 Å². The molecule has 0 aromatic carbocycles. The van der Waals surface area contributed by atoms with E-state index in [0.717, 1.165) is 20.3 Å². The van der Waals surface area contributed by atoms with Gasteiger partial charge in [0, 0.05) is 7.11 Å². The van der Waals surface area contributed by atoms with Gasteiger partial charge in [0.15, 0.2) is 0 Å². The zero-order valence-corrected chi connectivity index (χ0v) is 6.42. The van der Waals surface area contributed by atoms with Crippen LogP contribution in [-0.4, -0.2) is 31.5 Å². The Labute approximate surface area is 78.9 Å². The molecule has 1 rings (SSSR count). The molecule has 0 aliphatic carbocycles. The molecule has 1 fully saturated rings. The van der Waals surface area contributed by atoms with Crippen LogP contribution in [0.1, 0.15) is 36.1 Å². The third-order valence-electron chi connectivity index (χ3n) is 0.500. The Morgan fingerprint density at radius 3 is 1.42 bits per heavy atom. The van der Waals surface area contributed by atoms with Crippen LogP contribution in [0.2, 0.25) is 0 Å². The van der Waals surface area contributed by atoms with Crippen LogP contribution in [0, 0.1) is 0 Å². The van der Waals surface area contributed by atoms with Crippen LogP contribution >= 0.6 is 0 Å². The summed E-state index contributed by atoms with van der Waals surface area (Å²) >= 11 is 0. The molecule has 0 aromatic rings. The number of hydrogen-bond acceptors (Lipinski definition) is 3. The molecule has 1 aliphatic heterocycles. The standard InChI is InChI=1S/C3H6O.C2H7N.CH4O.3CH4/c1-3-2-4-3;1-2-3;1-2;;;/h3H,2H2,1H3;2-3H2,1H3;2H,1H3;3*1H4. The van der Waals surface area contributed by atoms with Gasteiger partial charge in [-0.3, -0.25) is 0 Å². The molecule has 0 radical (unpaired) electrons. The number of aliphatic hydroxyl groups is 1. The maximum absolute atomic E-state index is 7.00. The van der Waals surface area contributed by atoms with Crippen molar-refractivity contribution in [2.45, 2.75) is 42.2 Å². The summed E-state index contributed by atoms with van der Waals surface area (Å²) in [5.41, 5.74) is 4.85. The molecule has 82 valence electrons. The molecule has 12 heavy (non-hydrogen) atoms. The molecular formula is C9H29NO2. The molecule has 1 heterocycles. The highest BCUT2D eigenvalue weighted by atomic mass is 16.6. The lowest BCUT2D eigenvalue weighted by Crippen LogP contribution is -1.87. The first-order chi connectivity index (χ1) is 4.31. The minimum absolute atomic E-state index is 0. The quantitative estimate of drug-likeness (QED) is 0.564. The van der Waals surface area contributed by atoms with Gasteiger partial charge in [0.25, 0.3) is 0 Å². The second-order valence-electron chi connectivity index (χ2n) is 1.55. The lowest BCUT2D eigenvalue weighted by molar-refractivity contribution is 0.399. The molecule has 0 amide bonds. The van der Waals surface area contributed by atoms with Crippen LogP contribution in [-0.2, 0) is 4.74 Å². The Morgan fingerprint density at radius 2 is 1.42 bits per heavy atom. The van der Waals surface area contributed by atoms with Gasteiger partial charge in [-0.05, 0) is 13.5 Å². The number of epoxide rings is 1. The van der Waals surface area contributed by atoms with Crippen molar-refractivity contribution in [2.75, 3.05) is 20.3 Å². The minimum Gasteiger partial charge on any atom is -0.400 e. The number of ether oxygens (including phenoxy) is 1. The molecule has 0 saturated carbocycles. The lowest BCUT2D eigenvalue weighted by Gasteiger charge is -1.53. The maximum atomic E-state index is 7.00. The Kier molecular flexibility index (Phi) is 76.1. The zero-order valence-electron chi connectivity index (χ0n) is 6.42. The van der Waals surface area contributed by atoms with Crippen LogP contribution in [0.15, 0.2) is 0 Å². The van der Waals surface area contributed by atoms with E-state index in [2.05, 4.69) is 6.92 Å². The fourth-order valence-corrected chi connectivity index (χ4v) is 0.0962. The lowest BCUT2D eigenvalue weighted by atomic mass is 10.6. The predicted molar refractivity (Wildman–Crippen MR) is 58.5 cm³/mol. The minimum atomic E-state index is 0. The van der Waals surface area contributed by atoms with Gasteiger partial charge in [0.2, 0.25) is 0 Å². The molecule has 1 atom stereocenters. The van der Waals surface area contributed by atoms with E-state index >= 15 is 0 Å². The van der Waals surface area contributed by atoms with Crippen molar-refractivity contribution < 1.29 is 9.84 Å². The van der Waals surface area contributed by atoms with Crippen LogP contribution < -0.4 is 5.73 Å². The van der Waals surface area contributed by atoms with Crippen LogP contribution in [0.4, 0.5) is 0 Å². The van der Waals surface area contributed by atoms with Gasteiger partial charge in [-0.25, -0.2) is 0 Å². The summed E-state index contributed by atoms with van der Waals surface area (Å²) < 4.78 is 4.71. The van der Waals surface area contributed by atoms with E-state index in [0.29, 0.717) is 6.10 Å². The van der Waals surface area contributed by atoms with Crippen molar-refractivity contribution in [2.24, 2.45) is 5.73 Å². The first-order valence-electron chi connectivity index (χ1n) is 3.07. The molecule has 1 saturated heterocycles. The molecule has 1 unspecified atom stereocenters. The van der Waals surface area contributed by atoms with Crippen molar-refractivity contribution in [1.29, 1.82) is 0 Å². The van der Waals surface area contributed by atoms with Gasteiger partial charge in [0.1, 0.15) is 0 Å². The largest absolute Gasteiger partial charge is 0.400 e. The topological polar surface area (TPSA) is 58.8 Å². The number of nitrogens with two attached hydrogens (primary N) is 1. The van der Waals surface area contributed by atoms with Gasteiger partial charge in [0.05, 0.1) is 12.7 Å². The molecule has 3 N–H and O–H groups in total. The van der Waals surface area contributed by atoms with Gasteiger partial charge < -0.3 is 15.6 Å². The summed E-state index contributed by atoms with van der Waals surface area (Å²) in [5, 5.41) is 7.00. The Balaban J connectivity index is -0.0000000192. The zero-order chi connectivity index (χ0) is 7.70. The summed E-state index contributed by atoms with van der Waals surface area (Å²) in [6, 6.07) is 0. The molecule has 1 aliphatic rings. The second-order valence-corrected chi connectivity index (χ2v) is 1.55. The normalized spacial score (nSPS) is 15.2. The SMILES string of the molecule is C.C.C.CC1CO1.CCN.CO. The van der Waals surface area contributed by atoms with E-state index in [-0.39, 0.29) is 22.3 Å². The Bertz CT molecular complexity index is 39.5. The fraction of sp³-hybridized carbons (Fsp3) is 1.00. The first kappa shape index (κ1) is 29.7. The third-order valence-corrected chi connectivity index (χ3v) is 0.500. The highest BCUT2D eigenvalue weighted by Crippen LogP contribution is 2.04. The molecule has 3 nitrogen and oxygen atoms in total. The smallest absolute Gasteiger partial charge is 0.0781 e. The number of aliphatic hydroxyl groups excluding tert-OH is 1. The van der Waals surface area contributed by atoms with Gasteiger partial charge in [-0.1, -0.05) is 29.2 Å². The maximum Gasteiger partial charge on any atom is 0.0781 e. The molecular weight excluding hydrogens is 154 g/mol. The van der Waals surface area contributed by atoms with E-state index in [9.17, 15) is 0 Å². The summed E-state index contributed by atoms with van der Waals surface area (Å²) in [6.07, 6.45) is 0.583. The summed E-state index contributed by atoms with van der Waals surface area (Å²) in [5.74, 6) is 0. The van der Waals surface area contributed by atoms with Crippen molar-refractivity contribution in [1.82, 2.24) is 0 Å². The van der Waals surface area contributed by atoms with Crippen LogP contribution in [0.25, 0.3) is 0 Å². The second kappa shape index (κ2) is 30.7. The van der Waals surface area contributed by atoms with E-state index in [1.165, 1.54) is 0 Å². The van der Waals surface area contributed by atoms with E-state index in [4.69, 9.17) is 15.6 Å². The van der Waals surface area contributed by atoms with Crippen molar-refractivity contribution in [3.63, 3.8) is 0 Å². The van der Waals surface area contributed by atoms with E-state index in [1.807, 2.05) is 6.92 Å². The average Bonchev–Trinajstić information content (AvgIpc) is 2.59. The fourth-order valence-electron chi connectivity index (χ4n) is 0.0962. The van der Waals surface area contributed by atoms with Crippen molar-refractivity contribution >= 4 is 0 Å². The molecule has 3 heteroatoms. The van der Waals surface area contributed by atoms with Gasteiger partial charge in [-0.2, -0.15) is 0 Å². The Morgan fingerprint density at radius 1 is 1.33 bits per heavy atom. The van der Waals surface area contributed by atoms with E-state index < -0.39 is 0 Å². The third kappa shape index (κ3) is 93.9. The monoisotopic (exact) mass is 183 g/mol. The molecule has 0 spiro atoms. The summed E-state index contributed by atoms with van der Waals surface area (Å²) in [7, 11) is 1.00. The summed E-state index contributed by atoms with van der Waals surface area (Å²) in [6.45, 7) is 5.69. The first-order valence-corrected chi connectivity index (χ1v) is 3.07. The van der Waals surface area contributed by atoms with Gasteiger partial charge >= 0.3 is 0 Å². The number of hydrogen-bond donors (Lipinski definition) is 2. The van der Waals surface area contributed by atoms with Crippen molar-refractivity contribution in [3.05, 3.63) is 0 Å². The van der Waals surface area contributed by atoms with Crippen LogP contribution in [0.3, 0.4) is 0 Å². The highest BCUT2D eigenvalue weighted by Gasteiger charge is 2.13.